The van der Waals surface area contributed by atoms with Gasteiger partial charge < -0.3 is 15.6 Å². The molecule has 0 saturated carbocycles. The zero-order chi connectivity index (χ0) is 24.1. The molecule has 0 aliphatic heterocycles. The van der Waals surface area contributed by atoms with E-state index >= 15 is 0 Å². The van der Waals surface area contributed by atoms with Crippen molar-refractivity contribution in [1.82, 2.24) is 25.2 Å². The smallest absolute Gasteiger partial charge is 0.264 e. The van der Waals surface area contributed by atoms with Crippen LogP contribution in [0.15, 0.2) is 64.1 Å². The summed E-state index contributed by atoms with van der Waals surface area (Å²) >= 11 is 7.34. The molecule has 1 atom stereocenters. The van der Waals surface area contributed by atoms with Gasteiger partial charge in [-0.1, -0.05) is 47.1 Å². The number of rotatable bonds is 9. The van der Waals surface area contributed by atoms with E-state index in [2.05, 4.69) is 32.7 Å². The normalized spacial score (nSPS) is 12.0. The van der Waals surface area contributed by atoms with E-state index < -0.39 is 0 Å². The van der Waals surface area contributed by atoms with Crippen molar-refractivity contribution in [2.45, 2.75) is 37.4 Å². The van der Waals surface area contributed by atoms with Gasteiger partial charge in [-0.2, -0.15) is 10.1 Å². The Balaban J connectivity index is 1.44. The van der Waals surface area contributed by atoms with Gasteiger partial charge in [0.25, 0.3) is 5.89 Å². The third-order valence-electron chi connectivity index (χ3n) is 5.30. The zero-order valence-corrected chi connectivity index (χ0v) is 20.4. The van der Waals surface area contributed by atoms with Gasteiger partial charge in [0.15, 0.2) is 0 Å². The molecule has 10 heteroatoms. The van der Waals surface area contributed by atoms with Crippen molar-refractivity contribution in [3.8, 4) is 22.8 Å². The fraction of sp³-hybridized carbons (Fsp3) is 0.250. The summed E-state index contributed by atoms with van der Waals surface area (Å²) in [4.78, 5) is 17.1. The van der Waals surface area contributed by atoms with Crippen LogP contribution in [0.25, 0.3) is 22.8 Å². The minimum atomic E-state index is -0.165. The van der Waals surface area contributed by atoms with Crippen molar-refractivity contribution < 1.29 is 9.32 Å². The maximum atomic E-state index is 12.7. The molecule has 0 aliphatic carbocycles. The number of amides is 1. The highest BCUT2D eigenvalue weighted by Crippen LogP contribution is 2.34. The van der Waals surface area contributed by atoms with Crippen molar-refractivity contribution in [2.75, 3.05) is 12.0 Å². The van der Waals surface area contributed by atoms with E-state index in [0.29, 0.717) is 27.3 Å². The predicted octanol–water partition coefficient (Wildman–Crippen LogP) is 4.70. The van der Waals surface area contributed by atoms with Crippen LogP contribution in [0.1, 0.15) is 18.9 Å². The number of aromatic nitrogens is 4. The van der Waals surface area contributed by atoms with Gasteiger partial charge in [0.1, 0.15) is 23.0 Å². The molecule has 0 bridgehead atoms. The number of thioether (sulfide) groups is 1. The van der Waals surface area contributed by atoms with Crippen molar-refractivity contribution in [2.24, 2.45) is 0 Å². The Bertz CT molecular complexity index is 1260. The van der Waals surface area contributed by atoms with Gasteiger partial charge in [0, 0.05) is 16.6 Å². The second kappa shape index (κ2) is 10.8. The summed E-state index contributed by atoms with van der Waals surface area (Å²) in [6.45, 7) is 1.98. The van der Waals surface area contributed by atoms with Gasteiger partial charge >= 0.3 is 0 Å². The molecule has 1 unspecified atom stereocenters. The number of nitrogens with zero attached hydrogens (tertiary/aromatic N) is 4. The number of aryl methyl sites for hydroxylation is 1. The van der Waals surface area contributed by atoms with Crippen LogP contribution in [0, 0.1) is 0 Å². The maximum absolute atomic E-state index is 12.7. The molecule has 0 saturated heterocycles. The van der Waals surface area contributed by atoms with Crippen LogP contribution in [-0.4, -0.2) is 38.1 Å². The van der Waals surface area contributed by atoms with Gasteiger partial charge in [-0.15, -0.1) is 11.8 Å². The number of hydrogen-bond acceptors (Lipinski definition) is 7. The first kappa shape index (κ1) is 23.8. The molecule has 176 valence electrons. The van der Waals surface area contributed by atoms with E-state index in [1.165, 1.54) is 22.0 Å². The number of carbonyl (C=O) groups excluding carboxylic acids is 1. The summed E-state index contributed by atoms with van der Waals surface area (Å²) in [5.74, 6) is 0.787. The van der Waals surface area contributed by atoms with Crippen LogP contribution < -0.4 is 11.1 Å². The molecule has 8 nitrogen and oxygen atoms in total. The number of nitrogen functional groups attached to an aromatic ring is 1. The molecule has 0 spiro atoms. The van der Waals surface area contributed by atoms with Gasteiger partial charge in [-0.05, 0) is 55.9 Å². The van der Waals surface area contributed by atoms with Gasteiger partial charge in [0.2, 0.25) is 11.7 Å². The highest BCUT2D eigenvalue weighted by Gasteiger charge is 2.24. The Kier molecular flexibility index (Phi) is 7.54. The molecule has 0 radical (unpaired) electrons. The quantitative estimate of drug-likeness (QED) is 0.323. The third-order valence-corrected chi connectivity index (χ3v) is 6.23. The number of hydrogen-bond donors (Lipinski definition) is 2. The van der Waals surface area contributed by atoms with Crippen molar-refractivity contribution in [1.29, 1.82) is 0 Å². The SMILES string of the molecule is CSc1nn(CC(=O)NC(C)CCc2ccccc2)c(N)c1-c1nc(-c2ccc(Cl)cc2)no1. The summed E-state index contributed by atoms with van der Waals surface area (Å²) in [6, 6.07) is 17.3. The summed E-state index contributed by atoms with van der Waals surface area (Å²) in [5, 5.41) is 12.8. The highest BCUT2D eigenvalue weighted by atomic mass is 35.5. The van der Waals surface area contributed by atoms with Gasteiger partial charge in [-0.25, -0.2) is 4.68 Å². The number of benzene rings is 2. The Morgan fingerprint density at radius 2 is 1.94 bits per heavy atom. The third kappa shape index (κ3) is 5.60. The first-order valence-electron chi connectivity index (χ1n) is 10.8. The maximum Gasteiger partial charge on any atom is 0.264 e. The van der Waals surface area contributed by atoms with E-state index in [4.69, 9.17) is 21.9 Å². The molecule has 1 amide bonds. The minimum Gasteiger partial charge on any atom is -0.383 e. The fourth-order valence-corrected chi connectivity index (χ4v) is 4.22. The average Bonchev–Trinajstić information content (AvgIpc) is 3.43. The number of carbonyl (C=O) groups is 1. The lowest BCUT2D eigenvalue weighted by atomic mass is 10.1. The lowest BCUT2D eigenvalue weighted by Gasteiger charge is -2.14. The lowest BCUT2D eigenvalue weighted by Crippen LogP contribution is -2.35. The second-order valence-electron chi connectivity index (χ2n) is 7.85. The molecular weight excluding hydrogens is 472 g/mol. The van der Waals surface area contributed by atoms with Gasteiger partial charge in [0.05, 0.1) is 0 Å². The van der Waals surface area contributed by atoms with E-state index in [0.717, 1.165) is 18.4 Å². The molecule has 4 aromatic rings. The summed E-state index contributed by atoms with van der Waals surface area (Å²) in [6.07, 6.45) is 3.60. The van der Waals surface area contributed by atoms with Crippen LogP contribution in [0.2, 0.25) is 5.02 Å². The lowest BCUT2D eigenvalue weighted by molar-refractivity contribution is -0.122. The molecule has 2 aromatic carbocycles. The first-order chi connectivity index (χ1) is 16.4. The minimum absolute atomic E-state index is 0.00670. The topological polar surface area (TPSA) is 112 Å². The van der Waals surface area contributed by atoms with Crippen LogP contribution in [-0.2, 0) is 17.8 Å². The average molecular weight is 497 g/mol. The largest absolute Gasteiger partial charge is 0.383 e. The molecule has 2 heterocycles. The van der Waals surface area contributed by atoms with Crippen LogP contribution in [0.4, 0.5) is 5.82 Å². The van der Waals surface area contributed by atoms with E-state index in [9.17, 15) is 4.79 Å². The molecule has 0 aliphatic rings. The number of anilines is 1. The summed E-state index contributed by atoms with van der Waals surface area (Å²) in [5.41, 5.74) is 8.88. The van der Waals surface area contributed by atoms with Crippen LogP contribution >= 0.6 is 23.4 Å². The highest BCUT2D eigenvalue weighted by molar-refractivity contribution is 7.98. The van der Waals surface area contributed by atoms with Crippen molar-refractivity contribution in [3.05, 3.63) is 65.2 Å². The van der Waals surface area contributed by atoms with Crippen molar-refractivity contribution in [3.63, 3.8) is 0 Å². The van der Waals surface area contributed by atoms with Crippen molar-refractivity contribution >= 4 is 35.1 Å². The molecule has 0 fully saturated rings. The van der Waals surface area contributed by atoms with E-state index in [-0.39, 0.29) is 24.4 Å². The first-order valence-corrected chi connectivity index (χ1v) is 12.4. The second-order valence-corrected chi connectivity index (χ2v) is 9.08. The van der Waals surface area contributed by atoms with Crippen LogP contribution in [0.3, 0.4) is 0 Å². The number of halogens is 1. The zero-order valence-electron chi connectivity index (χ0n) is 18.9. The predicted molar refractivity (Wildman–Crippen MR) is 135 cm³/mol. The Hall–Kier alpha value is -3.30. The fourth-order valence-electron chi connectivity index (χ4n) is 3.51. The Morgan fingerprint density at radius 3 is 2.65 bits per heavy atom. The number of nitrogens with one attached hydrogen (secondary N) is 1. The Morgan fingerprint density at radius 1 is 1.21 bits per heavy atom. The standard InChI is InChI=1S/C24H25ClN6O2S/c1-15(8-9-16-6-4-3-5-7-16)27-19(32)14-31-21(26)20(24(29-31)34-2)23-28-22(30-33-23)17-10-12-18(25)13-11-17/h3-7,10-13,15H,8-9,14,26H2,1-2H3,(H,27,32). The number of nitrogens with two attached hydrogens (primary N) is 1. The molecule has 4 rings (SSSR count). The van der Waals surface area contributed by atoms with Gasteiger partial charge in [-0.3, -0.25) is 4.79 Å². The molecular formula is C24H25ClN6O2S. The summed E-state index contributed by atoms with van der Waals surface area (Å²) in [7, 11) is 0. The van der Waals surface area contributed by atoms with E-state index in [1.807, 2.05) is 43.5 Å². The van der Waals surface area contributed by atoms with E-state index in [1.54, 1.807) is 12.1 Å². The molecule has 3 N–H and O–H groups in total. The Labute approximate surface area is 206 Å². The molecule has 34 heavy (non-hydrogen) atoms. The summed E-state index contributed by atoms with van der Waals surface area (Å²) < 4.78 is 6.94. The van der Waals surface area contributed by atoms with Crippen LogP contribution in [0.5, 0.6) is 0 Å². The molecule has 2 aromatic heterocycles. The monoisotopic (exact) mass is 496 g/mol.